The van der Waals surface area contributed by atoms with Gasteiger partial charge in [-0.15, -0.1) is 0 Å². The van der Waals surface area contributed by atoms with Crippen molar-refractivity contribution in [2.75, 3.05) is 13.1 Å². The van der Waals surface area contributed by atoms with E-state index in [1.165, 1.54) is 6.42 Å². The average Bonchev–Trinajstić information content (AvgIpc) is 2.92. The quantitative estimate of drug-likeness (QED) is 0.466. The minimum absolute atomic E-state index is 0.603. The van der Waals surface area contributed by atoms with Crippen LogP contribution in [0.25, 0.3) is 5.82 Å². The molecule has 0 saturated heterocycles. The summed E-state index contributed by atoms with van der Waals surface area (Å²) in [5, 5.41) is 11.1. The molecule has 0 atom stereocenters. The maximum atomic E-state index is 4.61. The molecule has 0 saturated carbocycles. The van der Waals surface area contributed by atoms with E-state index in [4.69, 9.17) is 0 Å². The van der Waals surface area contributed by atoms with E-state index in [1.54, 1.807) is 0 Å². The molecule has 0 radical (unpaired) electrons. The highest BCUT2D eigenvalue weighted by Crippen LogP contribution is 2.10. The number of pyridine rings is 1. The van der Waals surface area contributed by atoms with Gasteiger partial charge in [-0.3, -0.25) is 0 Å². The summed E-state index contributed by atoms with van der Waals surface area (Å²) in [6.07, 6.45) is 4.18. The van der Waals surface area contributed by atoms with E-state index in [9.17, 15) is 0 Å². The second-order valence-electron chi connectivity index (χ2n) is 5.84. The van der Waals surface area contributed by atoms with E-state index >= 15 is 0 Å². The van der Waals surface area contributed by atoms with E-state index in [1.807, 2.05) is 36.9 Å². The zero-order valence-electron chi connectivity index (χ0n) is 15.1. The van der Waals surface area contributed by atoms with Crippen LogP contribution in [-0.2, 0) is 6.54 Å². The first-order chi connectivity index (χ1) is 11.6. The van der Waals surface area contributed by atoms with Crippen molar-refractivity contribution in [1.82, 2.24) is 25.4 Å². The zero-order valence-corrected chi connectivity index (χ0v) is 15.1. The van der Waals surface area contributed by atoms with Gasteiger partial charge < -0.3 is 10.6 Å². The summed E-state index contributed by atoms with van der Waals surface area (Å²) in [5.41, 5.74) is 3.16. The van der Waals surface area contributed by atoms with E-state index in [0.29, 0.717) is 6.54 Å². The van der Waals surface area contributed by atoms with Crippen LogP contribution in [0.3, 0.4) is 0 Å². The molecule has 24 heavy (non-hydrogen) atoms. The number of rotatable bonds is 7. The Labute approximate surface area is 144 Å². The van der Waals surface area contributed by atoms with Crippen LogP contribution >= 0.6 is 0 Å². The van der Waals surface area contributed by atoms with Gasteiger partial charge in [-0.25, -0.2) is 14.7 Å². The van der Waals surface area contributed by atoms with Crippen molar-refractivity contribution in [2.24, 2.45) is 4.99 Å². The molecule has 2 rings (SSSR count). The summed E-state index contributed by atoms with van der Waals surface area (Å²) < 4.78 is 1.86. The van der Waals surface area contributed by atoms with Crippen molar-refractivity contribution < 1.29 is 0 Å². The molecule has 0 aliphatic carbocycles. The van der Waals surface area contributed by atoms with Crippen molar-refractivity contribution in [2.45, 2.75) is 47.1 Å². The Morgan fingerprint density at radius 3 is 2.62 bits per heavy atom. The van der Waals surface area contributed by atoms with Crippen LogP contribution in [-0.4, -0.2) is 33.8 Å². The summed E-state index contributed by atoms with van der Waals surface area (Å²) in [5.74, 6) is 1.69. The zero-order chi connectivity index (χ0) is 17.4. The molecule has 0 aromatic carbocycles. The fourth-order valence-electron chi connectivity index (χ4n) is 2.39. The van der Waals surface area contributed by atoms with Crippen LogP contribution in [0.4, 0.5) is 0 Å². The molecule has 0 fully saturated rings. The highest BCUT2D eigenvalue weighted by atomic mass is 15.3. The van der Waals surface area contributed by atoms with Crippen molar-refractivity contribution in [3.8, 4) is 5.82 Å². The van der Waals surface area contributed by atoms with Crippen LogP contribution in [0, 0.1) is 13.8 Å². The van der Waals surface area contributed by atoms with Crippen molar-refractivity contribution in [3.05, 3.63) is 41.3 Å². The fourth-order valence-corrected chi connectivity index (χ4v) is 2.39. The molecule has 2 aromatic heterocycles. The molecule has 130 valence electrons. The average molecular weight is 328 g/mol. The standard InChI is InChI=1S/C18H28N6/c1-5-7-10-20-18(19-6-2)22-13-16-8-9-17(21-12-16)24-15(4)11-14(3)23-24/h8-9,11-12H,5-7,10,13H2,1-4H3,(H2,19,20,22). The van der Waals surface area contributed by atoms with Gasteiger partial charge in [-0.2, -0.15) is 5.10 Å². The molecule has 6 heteroatoms. The van der Waals surface area contributed by atoms with Crippen LogP contribution < -0.4 is 10.6 Å². The monoisotopic (exact) mass is 328 g/mol. The van der Waals surface area contributed by atoms with Gasteiger partial charge in [0.2, 0.25) is 0 Å². The molecule has 2 aromatic rings. The second-order valence-corrected chi connectivity index (χ2v) is 5.84. The molecule has 0 aliphatic rings. The molecule has 0 bridgehead atoms. The fraction of sp³-hybridized carbons (Fsp3) is 0.500. The number of unbranched alkanes of at least 4 members (excludes halogenated alkanes) is 1. The van der Waals surface area contributed by atoms with Crippen molar-refractivity contribution in [3.63, 3.8) is 0 Å². The molecule has 2 N–H and O–H groups in total. The number of nitrogens with zero attached hydrogens (tertiary/aromatic N) is 4. The number of aromatic nitrogens is 3. The summed E-state index contributed by atoms with van der Waals surface area (Å²) in [7, 11) is 0. The lowest BCUT2D eigenvalue weighted by Gasteiger charge is -2.10. The highest BCUT2D eigenvalue weighted by molar-refractivity contribution is 5.79. The Morgan fingerprint density at radius 2 is 2.04 bits per heavy atom. The van der Waals surface area contributed by atoms with Crippen LogP contribution in [0.2, 0.25) is 0 Å². The molecule has 0 spiro atoms. The second kappa shape index (κ2) is 9.05. The summed E-state index contributed by atoms with van der Waals surface area (Å²) >= 11 is 0. The first-order valence-corrected chi connectivity index (χ1v) is 8.64. The molecular weight excluding hydrogens is 300 g/mol. The number of hydrogen-bond acceptors (Lipinski definition) is 3. The van der Waals surface area contributed by atoms with Crippen LogP contribution in [0.15, 0.2) is 29.4 Å². The summed E-state index contributed by atoms with van der Waals surface area (Å²) in [4.78, 5) is 9.12. The Balaban J connectivity index is 2.01. The normalized spacial score (nSPS) is 11.6. The number of guanidine groups is 1. The lowest BCUT2D eigenvalue weighted by atomic mass is 10.3. The first kappa shape index (κ1) is 18.0. The lowest BCUT2D eigenvalue weighted by Crippen LogP contribution is -2.37. The number of nitrogens with one attached hydrogen (secondary N) is 2. The molecule has 2 heterocycles. The van der Waals surface area contributed by atoms with Gasteiger partial charge in [0.25, 0.3) is 0 Å². The van der Waals surface area contributed by atoms with Gasteiger partial charge >= 0.3 is 0 Å². The smallest absolute Gasteiger partial charge is 0.191 e. The highest BCUT2D eigenvalue weighted by Gasteiger charge is 2.05. The predicted molar refractivity (Wildman–Crippen MR) is 98.6 cm³/mol. The minimum atomic E-state index is 0.603. The first-order valence-electron chi connectivity index (χ1n) is 8.64. The van der Waals surface area contributed by atoms with Gasteiger partial charge in [-0.05, 0) is 44.9 Å². The molecular formula is C18H28N6. The van der Waals surface area contributed by atoms with Gasteiger partial charge in [0.05, 0.1) is 12.2 Å². The van der Waals surface area contributed by atoms with E-state index in [0.717, 1.165) is 48.2 Å². The third kappa shape index (κ3) is 5.08. The summed E-state index contributed by atoms with van der Waals surface area (Å²) in [6, 6.07) is 6.09. The molecule has 6 nitrogen and oxygen atoms in total. The SMILES string of the molecule is CCCCNC(=NCc1ccc(-n2nc(C)cc2C)nc1)NCC. The third-order valence-corrected chi connectivity index (χ3v) is 3.62. The third-order valence-electron chi connectivity index (χ3n) is 3.62. The van der Waals surface area contributed by atoms with Crippen molar-refractivity contribution >= 4 is 5.96 Å². The largest absolute Gasteiger partial charge is 0.357 e. The maximum absolute atomic E-state index is 4.61. The van der Waals surface area contributed by atoms with Crippen LogP contribution in [0.5, 0.6) is 0 Å². The van der Waals surface area contributed by atoms with Crippen LogP contribution in [0.1, 0.15) is 43.6 Å². The maximum Gasteiger partial charge on any atom is 0.191 e. The Morgan fingerprint density at radius 1 is 1.21 bits per heavy atom. The van der Waals surface area contributed by atoms with Gasteiger partial charge in [0.1, 0.15) is 0 Å². The Bertz CT molecular complexity index is 657. The van der Waals surface area contributed by atoms with Gasteiger partial charge in [-0.1, -0.05) is 19.4 Å². The molecule has 0 aliphatic heterocycles. The summed E-state index contributed by atoms with van der Waals surface area (Å²) in [6.45, 7) is 10.7. The predicted octanol–water partition coefficient (Wildman–Crippen LogP) is 2.74. The van der Waals surface area contributed by atoms with Gasteiger partial charge in [0.15, 0.2) is 11.8 Å². The Kier molecular flexibility index (Phi) is 6.78. The number of hydrogen-bond donors (Lipinski definition) is 2. The number of aryl methyl sites for hydroxylation is 2. The minimum Gasteiger partial charge on any atom is -0.357 e. The molecule has 0 unspecified atom stereocenters. The Hall–Kier alpha value is -2.37. The topological polar surface area (TPSA) is 67.1 Å². The van der Waals surface area contributed by atoms with E-state index in [2.05, 4.69) is 45.6 Å². The lowest BCUT2D eigenvalue weighted by molar-refractivity contribution is 0.730. The number of aliphatic imine (C=N–C) groups is 1. The van der Waals surface area contributed by atoms with E-state index < -0.39 is 0 Å². The van der Waals surface area contributed by atoms with Crippen molar-refractivity contribution in [1.29, 1.82) is 0 Å². The molecule has 0 amide bonds. The van der Waals surface area contributed by atoms with Gasteiger partial charge in [0, 0.05) is 25.0 Å². The van der Waals surface area contributed by atoms with E-state index in [-0.39, 0.29) is 0 Å².